The van der Waals surface area contributed by atoms with E-state index in [4.69, 9.17) is 0 Å². The molecule has 1 fully saturated rings. The molecule has 1 atom stereocenters. The average Bonchev–Trinajstić information content (AvgIpc) is 2.89. The maximum absolute atomic E-state index is 12.1. The molecule has 1 aromatic heterocycles. The van der Waals surface area contributed by atoms with Gasteiger partial charge in [-0.3, -0.25) is 4.79 Å². The predicted molar refractivity (Wildman–Crippen MR) is 66.6 cm³/mol. The normalized spacial score (nSPS) is 20.0. The molecule has 88 valence electrons. The van der Waals surface area contributed by atoms with Gasteiger partial charge in [-0.15, -0.1) is 11.3 Å². The first kappa shape index (κ1) is 11.6. The molecule has 0 aliphatic carbocycles. The molecule has 1 aliphatic rings. The fourth-order valence-corrected chi connectivity index (χ4v) is 2.98. The highest BCUT2D eigenvalue weighted by atomic mass is 32.1. The summed E-state index contributed by atoms with van der Waals surface area (Å²) in [4.78, 5) is 15.2. The summed E-state index contributed by atoms with van der Waals surface area (Å²) in [7, 11) is 1.89. The van der Waals surface area contributed by atoms with Crippen LogP contribution in [0.3, 0.4) is 0 Å². The van der Waals surface area contributed by atoms with E-state index in [0.29, 0.717) is 0 Å². The maximum atomic E-state index is 12.1. The lowest BCUT2D eigenvalue weighted by Crippen LogP contribution is -2.41. The van der Waals surface area contributed by atoms with Crippen LogP contribution in [-0.2, 0) is 11.3 Å². The van der Waals surface area contributed by atoms with Crippen molar-refractivity contribution in [3.8, 4) is 0 Å². The number of thiophene rings is 1. The molecular formula is C12H18N2OS. The Balaban J connectivity index is 1.94. The molecule has 0 radical (unpaired) electrons. The standard InChI is InChI=1S/C12H18N2OS/c1-9-5-7-16-11(9)8-14(2)12(15)10-4-3-6-13-10/h5,7,10,13H,3-4,6,8H2,1-2H3/t10-/m0/s1. The first-order valence-electron chi connectivity index (χ1n) is 5.70. The second kappa shape index (κ2) is 4.97. The minimum Gasteiger partial charge on any atom is -0.339 e. The maximum Gasteiger partial charge on any atom is 0.239 e. The lowest BCUT2D eigenvalue weighted by Gasteiger charge is -2.20. The Morgan fingerprint density at radius 2 is 2.50 bits per heavy atom. The molecule has 1 aromatic rings. The topological polar surface area (TPSA) is 32.3 Å². The van der Waals surface area contributed by atoms with Crippen LogP contribution >= 0.6 is 11.3 Å². The minimum atomic E-state index is 0.0465. The third-order valence-electron chi connectivity index (χ3n) is 3.08. The Kier molecular flexibility index (Phi) is 3.61. The largest absolute Gasteiger partial charge is 0.339 e. The molecular weight excluding hydrogens is 220 g/mol. The highest BCUT2D eigenvalue weighted by Gasteiger charge is 2.25. The van der Waals surface area contributed by atoms with Crippen molar-refractivity contribution >= 4 is 17.2 Å². The molecule has 1 saturated heterocycles. The van der Waals surface area contributed by atoms with Crippen LogP contribution in [0.4, 0.5) is 0 Å². The van der Waals surface area contributed by atoms with Crippen LogP contribution in [0.2, 0.25) is 0 Å². The summed E-state index contributed by atoms with van der Waals surface area (Å²) in [6.45, 7) is 3.81. The van der Waals surface area contributed by atoms with E-state index < -0.39 is 0 Å². The zero-order chi connectivity index (χ0) is 11.5. The van der Waals surface area contributed by atoms with Gasteiger partial charge in [-0.2, -0.15) is 0 Å². The summed E-state index contributed by atoms with van der Waals surface area (Å²) in [6, 6.07) is 2.15. The van der Waals surface area contributed by atoms with Crippen molar-refractivity contribution in [2.75, 3.05) is 13.6 Å². The molecule has 3 nitrogen and oxygen atoms in total. The van der Waals surface area contributed by atoms with Gasteiger partial charge in [0, 0.05) is 11.9 Å². The van der Waals surface area contributed by atoms with Gasteiger partial charge in [-0.05, 0) is 43.3 Å². The smallest absolute Gasteiger partial charge is 0.239 e. The third-order valence-corrected chi connectivity index (χ3v) is 4.09. The summed E-state index contributed by atoms with van der Waals surface area (Å²) in [5.74, 6) is 0.227. The summed E-state index contributed by atoms with van der Waals surface area (Å²) in [5, 5.41) is 5.32. The molecule has 16 heavy (non-hydrogen) atoms. The Bertz CT molecular complexity index is 369. The Morgan fingerprint density at radius 3 is 3.06 bits per heavy atom. The molecule has 1 amide bonds. The van der Waals surface area contributed by atoms with Crippen molar-refractivity contribution in [1.82, 2.24) is 10.2 Å². The van der Waals surface area contributed by atoms with E-state index in [9.17, 15) is 4.79 Å². The first-order valence-corrected chi connectivity index (χ1v) is 6.58. The molecule has 2 heterocycles. The monoisotopic (exact) mass is 238 g/mol. The number of likely N-dealkylation sites (N-methyl/N-ethyl adjacent to an activating group) is 1. The SMILES string of the molecule is Cc1ccsc1CN(C)C(=O)[C@@H]1CCCN1. The molecule has 2 rings (SSSR count). The Hall–Kier alpha value is -0.870. The van der Waals surface area contributed by atoms with Crippen molar-refractivity contribution in [1.29, 1.82) is 0 Å². The van der Waals surface area contributed by atoms with E-state index in [1.165, 1.54) is 10.4 Å². The van der Waals surface area contributed by atoms with Crippen LogP contribution < -0.4 is 5.32 Å². The summed E-state index contributed by atoms with van der Waals surface area (Å²) in [6.07, 6.45) is 2.09. The van der Waals surface area contributed by atoms with Gasteiger partial charge < -0.3 is 10.2 Å². The van der Waals surface area contributed by atoms with Gasteiger partial charge in [0.15, 0.2) is 0 Å². The van der Waals surface area contributed by atoms with Crippen molar-refractivity contribution in [3.05, 3.63) is 21.9 Å². The van der Waals surface area contributed by atoms with Crippen molar-refractivity contribution in [3.63, 3.8) is 0 Å². The number of hydrogen-bond acceptors (Lipinski definition) is 3. The number of nitrogens with zero attached hydrogens (tertiary/aromatic N) is 1. The molecule has 0 aromatic carbocycles. The Morgan fingerprint density at radius 1 is 1.69 bits per heavy atom. The van der Waals surface area contributed by atoms with Crippen LogP contribution in [-0.4, -0.2) is 30.4 Å². The van der Waals surface area contributed by atoms with E-state index in [2.05, 4.69) is 23.7 Å². The number of carbonyl (C=O) groups excluding carboxylic acids is 1. The number of hydrogen-bond donors (Lipinski definition) is 1. The summed E-state index contributed by atoms with van der Waals surface area (Å²) < 4.78 is 0. The van der Waals surface area contributed by atoms with E-state index in [1.807, 2.05) is 11.9 Å². The predicted octanol–water partition coefficient (Wildman–Crippen LogP) is 1.77. The summed E-state index contributed by atoms with van der Waals surface area (Å²) >= 11 is 1.72. The van der Waals surface area contributed by atoms with Crippen LogP contribution in [0.1, 0.15) is 23.3 Å². The fourth-order valence-electron chi connectivity index (χ4n) is 2.02. The van der Waals surface area contributed by atoms with E-state index in [-0.39, 0.29) is 11.9 Å². The van der Waals surface area contributed by atoms with Gasteiger partial charge in [-0.1, -0.05) is 0 Å². The highest BCUT2D eigenvalue weighted by Crippen LogP contribution is 2.18. The zero-order valence-electron chi connectivity index (χ0n) is 9.82. The number of rotatable bonds is 3. The van der Waals surface area contributed by atoms with E-state index in [1.54, 1.807) is 11.3 Å². The van der Waals surface area contributed by atoms with Gasteiger partial charge in [-0.25, -0.2) is 0 Å². The van der Waals surface area contributed by atoms with Gasteiger partial charge >= 0.3 is 0 Å². The number of amides is 1. The molecule has 0 bridgehead atoms. The number of carbonyl (C=O) groups is 1. The highest BCUT2D eigenvalue weighted by molar-refractivity contribution is 7.10. The van der Waals surface area contributed by atoms with Crippen molar-refractivity contribution in [2.45, 2.75) is 32.4 Å². The van der Waals surface area contributed by atoms with E-state index >= 15 is 0 Å². The zero-order valence-corrected chi connectivity index (χ0v) is 10.6. The number of nitrogens with one attached hydrogen (secondary N) is 1. The second-order valence-electron chi connectivity index (χ2n) is 4.37. The molecule has 1 N–H and O–H groups in total. The lowest BCUT2D eigenvalue weighted by molar-refractivity contribution is -0.132. The molecule has 4 heteroatoms. The van der Waals surface area contributed by atoms with Crippen LogP contribution in [0.5, 0.6) is 0 Å². The van der Waals surface area contributed by atoms with Gasteiger partial charge in [0.1, 0.15) is 0 Å². The molecule has 0 spiro atoms. The fraction of sp³-hybridized carbons (Fsp3) is 0.583. The van der Waals surface area contributed by atoms with Crippen LogP contribution in [0.15, 0.2) is 11.4 Å². The van der Waals surface area contributed by atoms with E-state index in [0.717, 1.165) is 25.9 Å². The molecule has 1 aliphatic heterocycles. The van der Waals surface area contributed by atoms with Crippen molar-refractivity contribution < 1.29 is 4.79 Å². The second-order valence-corrected chi connectivity index (χ2v) is 5.37. The number of aryl methyl sites for hydroxylation is 1. The van der Waals surface area contributed by atoms with Gasteiger partial charge in [0.05, 0.1) is 12.6 Å². The first-order chi connectivity index (χ1) is 7.68. The quantitative estimate of drug-likeness (QED) is 0.870. The Labute approximate surface area is 100 Å². The third kappa shape index (κ3) is 2.44. The minimum absolute atomic E-state index is 0.0465. The average molecular weight is 238 g/mol. The molecule has 0 saturated carbocycles. The van der Waals surface area contributed by atoms with Crippen LogP contribution in [0.25, 0.3) is 0 Å². The molecule has 0 unspecified atom stereocenters. The van der Waals surface area contributed by atoms with Gasteiger partial charge in [0.25, 0.3) is 0 Å². The summed E-state index contributed by atoms with van der Waals surface area (Å²) in [5.41, 5.74) is 1.28. The lowest BCUT2D eigenvalue weighted by atomic mass is 10.2. The van der Waals surface area contributed by atoms with Crippen molar-refractivity contribution in [2.24, 2.45) is 0 Å². The van der Waals surface area contributed by atoms with Gasteiger partial charge in [0.2, 0.25) is 5.91 Å². The van der Waals surface area contributed by atoms with Crippen LogP contribution in [0, 0.1) is 6.92 Å².